The molecule has 1 saturated heterocycles. The molecule has 3 unspecified atom stereocenters. The third-order valence-corrected chi connectivity index (χ3v) is 4.07. The van der Waals surface area contributed by atoms with Crippen LogP contribution in [0.5, 0.6) is 0 Å². The van der Waals surface area contributed by atoms with E-state index in [1.54, 1.807) is 0 Å². The van der Waals surface area contributed by atoms with Crippen LogP contribution in [0.4, 0.5) is 0 Å². The molecule has 2 rings (SSSR count). The van der Waals surface area contributed by atoms with Gasteiger partial charge in [-0.3, -0.25) is 0 Å². The smallest absolute Gasteiger partial charge is 0.0561 e. The standard InChI is InChI=1S/C15H22BrNO/c1-3-15(12-5-4-6-13(16)10-12)17-14-7-8-18-11(2)9-14/h4-6,10-11,14-15,17H,3,7-9H2,1-2H3. The first-order chi connectivity index (χ1) is 8.69. The van der Waals surface area contributed by atoms with Crippen LogP contribution in [0.3, 0.4) is 0 Å². The van der Waals surface area contributed by atoms with Crippen molar-refractivity contribution in [2.24, 2.45) is 0 Å². The Morgan fingerprint density at radius 3 is 3.00 bits per heavy atom. The van der Waals surface area contributed by atoms with E-state index in [2.05, 4.69) is 59.4 Å². The molecule has 3 heteroatoms. The Bertz CT molecular complexity index is 383. The fourth-order valence-corrected chi connectivity index (χ4v) is 3.02. The van der Waals surface area contributed by atoms with Crippen LogP contribution < -0.4 is 5.32 Å². The second-order valence-electron chi connectivity index (χ2n) is 5.09. The maximum Gasteiger partial charge on any atom is 0.0561 e. The minimum absolute atomic E-state index is 0.385. The third kappa shape index (κ3) is 3.81. The van der Waals surface area contributed by atoms with Crippen LogP contribution in [0.2, 0.25) is 0 Å². The molecule has 0 aromatic heterocycles. The molecule has 18 heavy (non-hydrogen) atoms. The lowest BCUT2D eigenvalue weighted by Crippen LogP contribution is -2.39. The lowest BCUT2D eigenvalue weighted by atomic mass is 9.99. The second-order valence-corrected chi connectivity index (χ2v) is 6.00. The van der Waals surface area contributed by atoms with Crippen LogP contribution in [0, 0.1) is 0 Å². The molecule has 1 aliphatic rings. The van der Waals surface area contributed by atoms with Crippen molar-refractivity contribution in [1.82, 2.24) is 5.32 Å². The highest BCUT2D eigenvalue weighted by molar-refractivity contribution is 9.10. The van der Waals surface area contributed by atoms with Gasteiger partial charge in [0.25, 0.3) is 0 Å². The predicted molar refractivity (Wildman–Crippen MR) is 78.7 cm³/mol. The quantitative estimate of drug-likeness (QED) is 0.905. The minimum Gasteiger partial charge on any atom is -0.378 e. The first kappa shape index (κ1) is 14.0. The Kier molecular flexibility index (Phi) is 5.22. The van der Waals surface area contributed by atoms with E-state index in [1.807, 2.05) is 0 Å². The maximum absolute atomic E-state index is 5.60. The van der Waals surface area contributed by atoms with E-state index in [-0.39, 0.29) is 0 Å². The molecule has 1 fully saturated rings. The Hall–Kier alpha value is -0.380. The van der Waals surface area contributed by atoms with Crippen LogP contribution in [0.25, 0.3) is 0 Å². The summed E-state index contributed by atoms with van der Waals surface area (Å²) in [6.07, 6.45) is 3.73. The van der Waals surface area contributed by atoms with Gasteiger partial charge in [0.15, 0.2) is 0 Å². The molecule has 2 nitrogen and oxygen atoms in total. The van der Waals surface area contributed by atoms with E-state index in [0.29, 0.717) is 18.2 Å². The molecule has 0 saturated carbocycles. The zero-order chi connectivity index (χ0) is 13.0. The number of hydrogen-bond acceptors (Lipinski definition) is 2. The van der Waals surface area contributed by atoms with Gasteiger partial charge in [-0.05, 0) is 43.9 Å². The maximum atomic E-state index is 5.60. The van der Waals surface area contributed by atoms with Gasteiger partial charge in [-0.1, -0.05) is 35.0 Å². The number of nitrogens with one attached hydrogen (secondary N) is 1. The summed E-state index contributed by atoms with van der Waals surface area (Å²) >= 11 is 3.55. The van der Waals surface area contributed by atoms with Gasteiger partial charge in [0, 0.05) is 23.2 Å². The summed E-state index contributed by atoms with van der Waals surface area (Å²) in [6, 6.07) is 9.62. The second kappa shape index (κ2) is 6.69. The van der Waals surface area contributed by atoms with Gasteiger partial charge < -0.3 is 10.1 Å². The molecule has 0 aliphatic carbocycles. The molecular formula is C15H22BrNO. The van der Waals surface area contributed by atoms with Crippen LogP contribution in [0.15, 0.2) is 28.7 Å². The third-order valence-electron chi connectivity index (χ3n) is 3.58. The Labute approximate surface area is 118 Å². The van der Waals surface area contributed by atoms with Gasteiger partial charge in [-0.2, -0.15) is 0 Å². The highest BCUT2D eigenvalue weighted by Gasteiger charge is 2.22. The lowest BCUT2D eigenvalue weighted by Gasteiger charge is -2.31. The van der Waals surface area contributed by atoms with Crippen molar-refractivity contribution in [1.29, 1.82) is 0 Å². The van der Waals surface area contributed by atoms with E-state index in [9.17, 15) is 0 Å². The number of hydrogen-bond donors (Lipinski definition) is 1. The Morgan fingerprint density at radius 2 is 2.33 bits per heavy atom. The highest BCUT2D eigenvalue weighted by Crippen LogP contribution is 2.23. The van der Waals surface area contributed by atoms with Gasteiger partial charge in [0.05, 0.1) is 6.10 Å². The molecule has 0 bridgehead atoms. The SMILES string of the molecule is CCC(NC1CCOC(C)C1)c1cccc(Br)c1. The summed E-state index contributed by atoms with van der Waals surface area (Å²) in [5.74, 6) is 0. The van der Waals surface area contributed by atoms with E-state index in [4.69, 9.17) is 4.74 Å². The van der Waals surface area contributed by atoms with Crippen LogP contribution in [-0.4, -0.2) is 18.8 Å². The Balaban J connectivity index is 2.00. The summed E-state index contributed by atoms with van der Waals surface area (Å²) in [4.78, 5) is 0. The van der Waals surface area contributed by atoms with E-state index >= 15 is 0 Å². The normalized spacial score (nSPS) is 25.9. The molecule has 1 aliphatic heterocycles. The zero-order valence-electron chi connectivity index (χ0n) is 11.2. The molecule has 0 radical (unpaired) electrons. The lowest BCUT2D eigenvalue weighted by molar-refractivity contribution is 0.0111. The minimum atomic E-state index is 0.385. The van der Waals surface area contributed by atoms with Crippen LogP contribution in [-0.2, 0) is 4.74 Å². The largest absolute Gasteiger partial charge is 0.378 e. The molecule has 1 N–H and O–H groups in total. The molecule has 100 valence electrons. The van der Waals surface area contributed by atoms with E-state index in [1.165, 1.54) is 5.56 Å². The van der Waals surface area contributed by atoms with Crippen molar-refractivity contribution in [3.63, 3.8) is 0 Å². The fraction of sp³-hybridized carbons (Fsp3) is 0.600. The van der Waals surface area contributed by atoms with Gasteiger partial charge in [-0.15, -0.1) is 0 Å². The summed E-state index contributed by atoms with van der Waals surface area (Å²) in [7, 11) is 0. The van der Waals surface area contributed by atoms with Gasteiger partial charge >= 0.3 is 0 Å². The molecule has 1 aromatic rings. The van der Waals surface area contributed by atoms with Crippen LogP contribution >= 0.6 is 15.9 Å². The van der Waals surface area contributed by atoms with Crippen molar-refractivity contribution >= 4 is 15.9 Å². The number of halogens is 1. The molecule has 1 aromatic carbocycles. The molecule has 3 atom stereocenters. The molecule has 0 amide bonds. The molecule has 0 spiro atoms. The first-order valence-corrected chi connectivity index (χ1v) is 7.61. The average Bonchev–Trinajstić information content (AvgIpc) is 2.36. The summed E-state index contributed by atoms with van der Waals surface area (Å²) in [5, 5.41) is 3.78. The van der Waals surface area contributed by atoms with Crippen molar-refractivity contribution in [2.45, 2.75) is 51.3 Å². The van der Waals surface area contributed by atoms with Gasteiger partial charge in [-0.25, -0.2) is 0 Å². The van der Waals surface area contributed by atoms with Crippen molar-refractivity contribution in [3.05, 3.63) is 34.3 Å². The average molecular weight is 312 g/mol. The zero-order valence-corrected chi connectivity index (χ0v) is 12.7. The van der Waals surface area contributed by atoms with Gasteiger partial charge in [0.1, 0.15) is 0 Å². The predicted octanol–water partition coefficient (Wildman–Crippen LogP) is 4.06. The highest BCUT2D eigenvalue weighted by atomic mass is 79.9. The topological polar surface area (TPSA) is 21.3 Å². The number of rotatable bonds is 4. The molecular weight excluding hydrogens is 290 g/mol. The monoisotopic (exact) mass is 311 g/mol. The molecule has 1 heterocycles. The fourth-order valence-electron chi connectivity index (χ4n) is 2.61. The Morgan fingerprint density at radius 1 is 1.50 bits per heavy atom. The summed E-state index contributed by atoms with van der Waals surface area (Å²) in [5.41, 5.74) is 1.37. The van der Waals surface area contributed by atoms with E-state index < -0.39 is 0 Å². The van der Waals surface area contributed by atoms with Crippen molar-refractivity contribution < 1.29 is 4.74 Å². The van der Waals surface area contributed by atoms with E-state index in [0.717, 1.165) is 30.3 Å². The first-order valence-electron chi connectivity index (χ1n) is 6.82. The summed E-state index contributed by atoms with van der Waals surface area (Å²) < 4.78 is 6.75. The number of ether oxygens (including phenoxy) is 1. The summed E-state index contributed by atoms with van der Waals surface area (Å²) in [6.45, 7) is 5.28. The number of benzene rings is 1. The van der Waals surface area contributed by atoms with Crippen molar-refractivity contribution in [2.75, 3.05) is 6.61 Å². The van der Waals surface area contributed by atoms with Gasteiger partial charge in [0.2, 0.25) is 0 Å². The van der Waals surface area contributed by atoms with Crippen LogP contribution in [0.1, 0.15) is 44.7 Å². The van der Waals surface area contributed by atoms with Crippen molar-refractivity contribution in [3.8, 4) is 0 Å².